The van der Waals surface area contributed by atoms with Gasteiger partial charge in [0, 0.05) is 38.9 Å². The maximum atomic E-state index is 2.46. The summed E-state index contributed by atoms with van der Waals surface area (Å²) in [4.78, 5) is 2.37. The quantitative estimate of drug-likeness (QED) is 0.216. The van der Waals surface area contributed by atoms with Crippen LogP contribution in [0.3, 0.4) is 0 Å². The first-order valence-electron chi connectivity index (χ1n) is 14.7. The molecule has 0 spiro atoms. The number of aromatic nitrogens is 1. The number of aryl methyl sites for hydroxylation is 1. The molecule has 1 heterocycles. The van der Waals surface area contributed by atoms with Gasteiger partial charge in [-0.15, -0.1) is 0 Å². The van der Waals surface area contributed by atoms with Crippen LogP contribution in [0.2, 0.25) is 0 Å². The summed E-state index contributed by atoms with van der Waals surface area (Å²) >= 11 is 0. The number of fused-ring (bicyclic) bond motifs is 6. The summed E-state index contributed by atoms with van der Waals surface area (Å²) in [6, 6.07) is 50.6. The molecule has 1 aromatic heterocycles. The van der Waals surface area contributed by atoms with Crippen LogP contribution in [0, 0.1) is 6.92 Å². The minimum Gasteiger partial charge on any atom is -0.310 e. The number of hydrogen-bond donors (Lipinski definition) is 0. The Hall–Kier alpha value is -5.08. The first kappa shape index (κ1) is 24.7. The predicted octanol–water partition coefficient (Wildman–Crippen LogP) is 10.9. The maximum absolute atomic E-state index is 2.46. The van der Waals surface area contributed by atoms with Gasteiger partial charge in [0.15, 0.2) is 0 Å². The zero-order chi connectivity index (χ0) is 28.4. The molecule has 42 heavy (non-hydrogen) atoms. The molecular formula is C40H32N2. The van der Waals surface area contributed by atoms with Crippen LogP contribution in [0.15, 0.2) is 140 Å². The van der Waals surface area contributed by atoms with Gasteiger partial charge in [0.05, 0.1) is 11.0 Å². The average molecular weight is 541 g/mol. The van der Waals surface area contributed by atoms with E-state index >= 15 is 0 Å². The van der Waals surface area contributed by atoms with E-state index in [9.17, 15) is 0 Å². The second-order valence-corrected chi connectivity index (χ2v) is 11.9. The predicted molar refractivity (Wildman–Crippen MR) is 178 cm³/mol. The summed E-state index contributed by atoms with van der Waals surface area (Å²) in [6.45, 7) is 7.05. The number of anilines is 3. The van der Waals surface area contributed by atoms with E-state index in [1.165, 1.54) is 61.0 Å². The van der Waals surface area contributed by atoms with E-state index in [0.717, 1.165) is 11.4 Å². The largest absolute Gasteiger partial charge is 0.310 e. The smallest absolute Gasteiger partial charge is 0.0544 e. The van der Waals surface area contributed by atoms with Crippen molar-refractivity contribution in [1.29, 1.82) is 0 Å². The molecule has 0 radical (unpaired) electrons. The SMILES string of the molecule is Cc1cc(N(c2ccccc2)c2ccccc2)cc2c1-c1cc3c4ccccc4n(-c4ccccc4)c3cc1C2(C)C. The van der Waals surface area contributed by atoms with Gasteiger partial charge in [-0.1, -0.05) is 86.6 Å². The van der Waals surface area contributed by atoms with Gasteiger partial charge in [0.2, 0.25) is 0 Å². The van der Waals surface area contributed by atoms with Crippen molar-refractivity contribution in [3.8, 4) is 16.8 Å². The van der Waals surface area contributed by atoms with Crippen LogP contribution in [0.25, 0.3) is 38.6 Å². The maximum Gasteiger partial charge on any atom is 0.0544 e. The third-order valence-electron chi connectivity index (χ3n) is 9.05. The Morgan fingerprint density at radius 2 is 1.12 bits per heavy atom. The Balaban J connectivity index is 1.38. The summed E-state index contributed by atoms with van der Waals surface area (Å²) in [6.07, 6.45) is 0. The van der Waals surface area contributed by atoms with E-state index in [1.807, 2.05) is 0 Å². The van der Waals surface area contributed by atoms with Gasteiger partial charge in [-0.25, -0.2) is 0 Å². The fourth-order valence-electron chi connectivity index (χ4n) is 7.09. The number of benzene rings is 6. The molecule has 0 unspecified atom stereocenters. The van der Waals surface area contributed by atoms with Crippen LogP contribution in [0.1, 0.15) is 30.5 Å². The standard InChI is InChI=1S/C40H32N2/c1-27-23-31(41(28-15-7-4-8-16-28)29-17-9-5-10-18-29)24-36-39(27)34-25-33-32-21-13-14-22-37(32)42(30-19-11-6-12-20-30)38(33)26-35(34)40(36,2)3/h4-26H,1-3H3. The number of rotatable bonds is 4. The van der Waals surface area contributed by atoms with Crippen LogP contribution in [-0.4, -0.2) is 4.57 Å². The molecule has 0 fully saturated rings. The lowest BCUT2D eigenvalue weighted by molar-refractivity contribution is 0.660. The molecule has 202 valence electrons. The lowest BCUT2D eigenvalue weighted by Gasteiger charge is -2.28. The summed E-state index contributed by atoms with van der Waals surface area (Å²) < 4.78 is 2.43. The highest BCUT2D eigenvalue weighted by Gasteiger charge is 2.38. The molecule has 0 N–H and O–H groups in total. The molecule has 0 aliphatic heterocycles. The number of nitrogens with zero attached hydrogens (tertiary/aromatic N) is 2. The highest BCUT2D eigenvalue weighted by molar-refractivity contribution is 6.11. The molecule has 7 aromatic rings. The lowest BCUT2D eigenvalue weighted by atomic mass is 9.81. The molecule has 8 rings (SSSR count). The molecule has 1 aliphatic carbocycles. The molecule has 0 bridgehead atoms. The monoisotopic (exact) mass is 540 g/mol. The molecule has 0 atom stereocenters. The lowest BCUT2D eigenvalue weighted by Crippen LogP contribution is -2.17. The second kappa shape index (κ2) is 9.22. The molecular weight excluding hydrogens is 508 g/mol. The van der Waals surface area contributed by atoms with Gasteiger partial charge in [0.1, 0.15) is 0 Å². The molecule has 6 aromatic carbocycles. The van der Waals surface area contributed by atoms with Gasteiger partial charge in [-0.2, -0.15) is 0 Å². The topological polar surface area (TPSA) is 8.17 Å². The van der Waals surface area contributed by atoms with Crippen LogP contribution in [-0.2, 0) is 5.41 Å². The van der Waals surface area contributed by atoms with Crippen LogP contribution >= 0.6 is 0 Å². The van der Waals surface area contributed by atoms with Crippen LogP contribution in [0.5, 0.6) is 0 Å². The van der Waals surface area contributed by atoms with E-state index in [4.69, 9.17) is 0 Å². The molecule has 0 saturated carbocycles. The third kappa shape index (κ3) is 3.58. The van der Waals surface area contributed by atoms with Crippen molar-refractivity contribution in [3.63, 3.8) is 0 Å². The van der Waals surface area contributed by atoms with Gasteiger partial charge in [-0.05, 0) is 101 Å². The van der Waals surface area contributed by atoms with Crippen LogP contribution < -0.4 is 4.90 Å². The van der Waals surface area contributed by atoms with Gasteiger partial charge < -0.3 is 9.47 Å². The number of para-hydroxylation sites is 4. The molecule has 0 saturated heterocycles. The van der Waals surface area contributed by atoms with Crippen molar-refractivity contribution in [2.75, 3.05) is 4.90 Å². The average Bonchev–Trinajstić information content (AvgIpc) is 3.46. The van der Waals surface area contributed by atoms with Crippen molar-refractivity contribution in [2.45, 2.75) is 26.2 Å². The molecule has 2 nitrogen and oxygen atoms in total. The van der Waals surface area contributed by atoms with E-state index in [1.54, 1.807) is 0 Å². The van der Waals surface area contributed by atoms with Crippen molar-refractivity contribution in [2.24, 2.45) is 0 Å². The van der Waals surface area contributed by atoms with Crippen LogP contribution in [0.4, 0.5) is 17.1 Å². The van der Waals surface area contributed by atoms with E-state index in [2.05, 4.69) is 170 Å². The van der Waals surface area contributed by atoms with Crippen molar-refractivity contribution < 1.29 is 0 Å². The Labute approximate surface area is 247 Å². The highest BCUT2D eigenvalue weighted by Crippen LogP contribution is 2.54. The fraction of sp³-hybridized carbons (Fsp3) is 0.100. The Morgan fingerprint density at radius 1 is 0.524 bits per heavy atom. The third-order valence-corrected chi connectivity index (χ3v) is 9.05. The Morgan fingerprint density at radius 3 is 1.79 bits per heavy atom. The minimum absolute atomic E-state index is 0.156. The van der Waals surface area contributed by atoms with Gasteiger partial charge >= 0.3 is 0 Å². The zero-order valence-corrected chi connectivity index (χ0v) is 24.2. The molecule has 0 amide bonds. The fourth-order valence-corrected chi connectivity index (χ4v) is 7.09. The summed E-state index contributed by atoms with van der Waals surface area (Å²) in [7, 11) is 0. The van der Waals surface area contributed by atoms with E-state index < -0.39 is 0 Å². The molecule has 2 heteroatoms. The zero-order valence-electron chi connectivity index (χ0n) is 24.2. The van der Waals surface area contributed by atoms with Gasteiger partial charge in [-0.3, -0.25) is 0 Å². The normalized spacial score (nSPS) is 13.3. The molecule has 1 aliphatic rings. The van der Waals surface area contributed by atoms with Gasteiger partial charge in [0.25, 0.3) is 0 Å². The summed E-state index contributed by atoms with van der Waals surface area (Å²) in [5.74, 6) is 0. The Kier molecular flexibility index (Phi) is 5.42. The second-order valence-electron chi connectivity index (χ2n) is 11.9. The summed E-state index contributed by atoms with van der Waals surface area (Å²) in [5.41, 5.74) is 13.8. The summed E-state index contributed by atoms with van der Waals surface area (Å²) in [5, 5.41) is 2.59. The Bertz CT molecular complexity index is 2060. The number of hydrogen-bond acceptors (Lipinski definition) is 1. The minimum atomic E-state index is -0.156. The van der Waals surface area contributed by atoms with Crippen molar-refractivity contribution >= 4 is 38.9 Å². The van der Waals surface area contributed by atoms with E-state index in [-0.39, 0.29) is 5.41 Å². The first-order valence-corrected chi connectivity index (χ1v) is 14.7. The van der Waals surface area contributed by atoms with Crippen molar-refractivity contribution in [3.05, 3.63) is 156 Å². The highest BCUT2D eigenvalue weighted by atomic mass is 15.1. The first-order chi connectivity index (χ1) is 20.5. The van der Waals surface area contributed by atoms with Crippen molar-refractivity contribution in [1.82, 2.24) is 4.57 Å². The van der Waals surface area contributed by atoms with E-state index in [0.29, 0.717) is 0 Å².